The number of aryl methyl sites for hydroxylation is 2. The zero-order valence-corrected chi connectivity index (χ0v) is 21.7. The molecule has 1 saturated heterocycles. The van der Waals surface area contributed by atoms with Crippen molar-refractivity contribution in [1.82, 2.24) is 10.4 Å². The van der Waals surface area contributed by atoms with Gasteiger partial charge in [-0.25, -0.2) is 0 Å². The summed E-state index contributed by atoms with van der Waals surface area (Å²) in [4.78, 5) is 26.2. The Morgan fingerprint density at radius 1 is 1.09 bits per heavy atom. The number of benzene rings is 3. The summed E-state index contributed by atoms with van der Waals surface area (Å²) in [6.07, 6.45) is 1.73. The monoisotopic (exact) mass is 552 g/mol. The molecule has 0 unspecified atom stereocenters. The molecule has 1 heterocycles. The number of hydrogen-bond donors (Lipinski definition) is 1. The van der Waals surface area contributed by atoms with Crippen LogP contribution in [0.25, 0.3) is 6.08 Å². The summed E-state index contributed by atoms with van der Waals surface area (Å²) in [7, 11) is 0. The van der Waals surface area contributed by atoms with Crippen LogP contribution >= 0.6 is 39.9 Å². The van der Waals surface area contributed by atoms with Crippen molar-refractivity contribution >= 4 is 62.1 Å². The van der Waals surface area contributed by atoms with Crippen molar-refractivity contribution in [1.29, 1.82) is 0 Å². The number of hydrogen-bond acceptors (Lipinski definition) is 5. The van der Waals surface area contributed by atoms with Crippen molar-refractivity contribution in [2.45, 2.75) is 20.5 Å². The molecule has 0 radical (unpaired) electrons. The number of nitrogens with one attached hydrogen (secondary N) is 1. The zero-order valence-electron chi connectivity index (χ0n) is 18.5. The summed E-state index contributed by atoms with van der Waals surface area (Å²) < 4.78 is 7.20. The van der Waals surface area contributed by atoms with Gasteiger partial charge in [0.2, 0.25) is 0 Å². The minimum Gasteiger partial charge on any atom is -0.488 e. The Bertz CT molecular complexity index is 1320. The first-order chi connectivity index (χ1) is 16.3. The van der Waals surface area contributed by atoms with Gasteiger partial charge in [-0.2, -0.15) is 5.01 Å². The van der Waals surface area contributed by atoms with Gasteiger partial charge in [-0.3, -0.25) is 15.0 Å². The second-order valence-corrected chi connectivity index (χ2v) is 10.3. The SMILES string of the molecule is Cc1ccccc1COc1ccc(Br)cc1/C=C1/SC(=S)N(NC(=O)c2ccccc2C)C1=O. The Labute approximate surface area is 216 Å². The van der Waals surface area contributed by atoms with Gasteiger partial charge < -0.3 is 4.74 Å². The van der Waals surface area contributed by atoms with Crippen molar-refractivity contribution < 1.29 is 14.3 Å². The van der Waals surface area contributed by atoms with Crippen molar-refractivity contribution in [3.8, 4) is 5.75 Å². The van der Waals surface area contributed by atoms with Gasteiger partial charge in [-0.05, 0) is 73.1 Å². The zero-order chi connectivity index (χ0) is 24.2. The van der Waals surface area contributed by atoms with Gasteiger partial charge in [-0.15, -0.1) is 0 Å². The van der Waals surface area contributed by atoms with E-state index in [0.29, 0.717) is 22.8 Å². The van der Waals surface area contributed by atoms with Crippen LogP contribution in [0.4, 0.5) is 0 Å². The quantitative estimate of drug-likeness (QED) is 0.292. The highest BCUT2D eigenvalue weighted by molar-refractivity contribution is 9.10. The smallest absolute Gasteiger partial charge is 0.285 e. The van der Waals surface area contributed by atoms with Crippen molar-refractivity contribution in [3.63, 3.8) is 0 Å². The Hall–Kier alpha value is -2.94. The van der Waals surface area contributed by atoms with E-state index in [1.807, 2.05) is 68.4 Å². The molecular weight excluding hydrogens is 532 g/mol. The molecule has 1 N–H and O–H groups in total. The van der Waals surface area contributed by atoms with E-state index in [4.69, 9.17) is 17.0 Å². The Morgan fingerprint density at radius 3 is 2.53 bits per heavy atom. The van der Waals surface area contributed by atoms with E-state index in [-0.39, 0.29) is 16.1 Å². The molecule has 1 fully saturated rings. The molecule has 3 aromatic rings. The van der Waals surface area contributed by atoms with E-state index in [2.05, 4.69) is 21.4 Å². The number of amides is 2. The second kappa shape index (κ2) is 10.5. The summed E-state index contributed by atoms with van der Waals surface area (Å²) in [5.74, 6) is -0.136. The third-order valence-corrected chi connectivity index (χ3v) is 7.10. The molecule has 0 spiro atoms. The summed E-state index contributed by atoms with van der Waals surface area (Å²) in [6, 6.07) is 20.8. The lowest BCUT2D eigenvalue weighted by atomic mass is 10.1. The first-order valence-electron chi connectivity index (χ1n) is 10.4. The number of ether oxygens (including phenoxy) is 1. The number of carbonyl (C=O) groups excluding carboxylic acids is 2. The van der Waals surface area contributed by atoms with Crippen LogP contribution < -0.4 is 10.2 Å². The van der Waals surface area contributed by atoms with Crippen LogP contribution in [0.15, 0.2) is 76.1 Å². The number of nitrogens with zero attached hydrogens (tertiary/aromatic N) is 1. The first kappa shape index (κ1) is 24.2. The molecule has 8 heteroatoms. The minimum atomic E-state index is -0.389. The van der Waals surface area contributed by atoms with E-state index < -0.39 is 0 Å². The Morgan fingerprint density at radius 2 is 1.79 bits per heavy atom. The van der Waals surface area contributed by atoms with Crippen LogP contribution in [0.3, 0.4) is 0 Å². The van der Waals surface area contributed by atoms with E-state index in [9.17, 15) is 9.59 Å². The molecule has 34 heavy (non-hydrogen) atoms. The number of hydrazine groups is 1. The summed E-state index contributed by atoms with van der Waals surface area (Å²) in [5.41, 5.74) is 6.89. The fraction of sp³-hybridized carbons (Fsp3) is 0.115. The lowest BCUT2D eigenvalue weighted by Gasteiger charge is -2.16. The van der Waals surface area contributed by atoms with Gasteiger partial charge in [0.05, 0.1) is 4.91 Å². The second-order valence-electron chi connectivity index (χ2n) is 7.67. The molecule has 0 aliphatic carbocycles. The van der Waals surface area contributed by atoms with E-state index in [1.165, 1.54) is 0 Å². The van der Waals surface area contributed by atoms with Crippen LogP contribution in [0.1, 0.15) is 32.6 Å². The van der Waals surface area contributed by atoms with E-state index in [0.717, 1.165) is 43.5 Å². The molecule has 0 bridgehead atoms. The average Bonchev–Trinajstić information content (AvgIpc) is 3.07. The fourth-order valence-corrected chi connectivity index (χ4v) is 4.93. The topological polar surface area (TPSA) is 58.6 Å². The van der Waals surface area contributed by atoms with Gasteiger partial charge in [-0.1, -0.05) is 70.2 Å². The van der Waals surface area contributed by atoms with Gasteiger partial charge in [0, 0.05) is 15.6 Å². The predicted molar refractivity (Wildman–Crippen MR) is 143 cm³/mol. The molecule has 4 rings (SSSR count). The van der Waals surface area contributed by atoms with Crippen molar-refractivity contribution in [2.75, 3.05) is 0 Å². The predicted octanol–water partition coefficient (Wildman–Crippen LogP) is 6.19. The van der Waals surface area contributed by atoms with Crippen molar-refractivity contribution in [2.24, 2.45) is 0 Å². The highest BCUT2D eigenvalue weighted by atomic mass is 79.9. The molecule has 5 nitrogen and oxygen atoms in total. The molecular formula is C26H21BrN2O3S2. The van der Waals surface area contributed by atoms with Crippen LogP contribution in [0.2, 0.25) is 0 Å². The maximum atomic E-state index is 13.1. The Kier molecular flexibility index (Phi) is 7.50. The molecule has 3 aromatic carbocycles. The van der Waals surface area contributed by atoms with E-state index >= 15 is 0 Å². The molecule has 1 aliphatic rings. The van der Waals surface area contributed by atoms with Crippen molar-refractivity contribution in [3.05, 3.63) is 104 Å². The van der Waals surface area contributed by atoms with Gasteiger partial charge in [0.1, 0.15) is 12.4 Å². The number of halogens is 1. The molecule has 0 saturated carbocycles. The minimum absolute atomic E-state index is 0.260. The standard InChI is InChI=1S/C26H21BrN2O3S2/c1-16-7-3-5-9-18(16)15-32-22-12-11-20(27)13-19(22)14-23-25(31)29(26(33)34-23)28-24(30)21-10-6-4-8-17(21)2/h3-14H,15H2,1-2H3,(H,28,30)/b23-14+. The van der Waals surface area contributed by atoms with Crippen LogP contribution in [0, 0.1) is 13.8 Å². The van der Waals surface area contributed by atoms with Crippen LogP contribution in [-0.2, 0) is 11.4 Å². The molecule has 172 valence electrons. The fourth-order valence-electron chi connectivity index (χ4n) is 3.39. The number of thioether (sulfide) groups is 1. The van der Waals surface area contributed by atoms with Crippen LogP contribution in [-0.4, -0.2) is 21.1 Å². The first-order valence-corrected chi connectivity index (χ1v) is 12.5. The number of carbonyl (C=O) groups is 2. The largest absolute Gasteiger partial charge is 0.488 e. The highest BCUT2D eigenvalue weighted by Crippen LogP contribution is 2.34. The summed E-state index contributed by atoms with van der Waals surface area (Å²) in [5, 5.41) is 1.12. The Balaban J connectivity index is 1.55. The van der Waals surface area contributed by atoms with Gasteiger partial charge in [0.25, 0.3) is 11.8 Å². The maximum absolute atomic E-state index is 13.1. The summed E-state index contributed by atoms with van der Waals surface area (Å²) >= 11 is 9.99. The molecule has 1 aliphatic heterocycles. The van der Waals surface area contributed by atoms with Gasteiger partial charge >= 0.3 is 0 Å². The average molecular weight is 554 g/mol. The maximum Gasteiger partial charge on any atom is 0.285 e. The third kappa shape index (κ3) is 5.41. The highest BCUT2D eigenvalue weighted by Gasteiger charge is 2.34. The third-order valence-electron chi connectivity index (χ3n) is 5.30. The lowest BCUT2D eigenvalue weighted by Crippen LogP contribution is -2.45. The molecule has 2 amide bonds. The molecule has 0 aromatic heterocycles. The normalized spacial score (nSPS) is 14.6. The number of thiocarbonyl (C=S) groups is 1. The summed E-state index contributed by atoms with van der Waals surface area (Å²) in [6.45, 7) is 4.28. The number of rotatable bonds is 6. The van der Waals surface area contributed by atoms with Gasteiger partial charge in [0.15, 0.2) is 4.32 Å². The lowest BCUT2D eigenvalue weighted by molar-refractivity contribution is -0.123. The van der Waals surface area contributed by atoms with E-state index in [1.54, 1.807) is 18.2 Å². The van der Waals surface area contributed by atoms with Crippen LogP contribution in [0.5, 0.6) is 5.75 Å². The molecule has 0 atom stereocenters.